The van der Waals surface area contributed by atoms with Gasteiger partial charge in [0.25, 0.3) is 0 Å². The Bertz CT molecular complexity index is 411. The summed E-state index contributed by atoms with van der Waals surface area (Å²) in [5.41, 5.74) is -1.52. The number of nitrogens with one attached hydrogen (secondary N) is 1. The highest BCUT2D eigenvalue weighted by Crippen LogP contribution is 2.35. The molecule has 1 aromatic rings. The van der Waals surface area contributed by atoms with Gasteiger partial charge in [-0.1, -0.05) is 25.0 Å². The Kier molecular flexibility index (Phi) is 3.52. The molecule has 0 saturated heterocycles. The van der Waals surface area contributed by atoms with Gasteiger partial charge in [-0.15, -0.1) is 0 Å². The summed E-state index contributed by atoms with van der Waals surface area (Å²) in [5.74, 6) is 0. The van der Waals surface area contributed by atoms with Gasteiger partial charge in [-0.3, -0.25) is 0 Å². The Balaban J connectivity index is 2.10. The molecule has 2 nitrogen and oxygen atoms in total. The van der Waals surface area contributed by atoms with Crippen LogP contribution in [0.4, 0.5) is 18.9 Å². The first-order chi connectivity index (χ1) is 8.41. The highest BCUT2D eigenvalue weighted by molar-refractivity contribution is 5.52. The molecule has 1 saturated carbocycles. The van der Waals surface area contributed by atoms with E-state index in [1.165, 1.54) is 12.1 Å². The number of alkyl halides is 3. The zero-order valence-electron chi connectivity index (χ0n) is 9.93. The standard InChI is InChI=1S/C13H16F3NO/c14-13(15,16)10-5-1-2-6-11(10)17-9-12(18)7-3-4-8-12/h1-2,5-6,17-18H,3-4,7-9H2. The maximum Gasteiger partial charge on any atom is 0.418 e. The molecule has 0 atom stereocenters. The monoisotopic (exact) mass is 259 g/mol. The van der Waals surface area contributed by atoms with Crippen LogP contribution in [0, 0.1) is 0 Å². The maximum atomic E-state index is 12.7. The SMILES string of the molecule is OC1(CNc2ccccc2C(F)(F)F)CCCC1. The van der Waals surface area contributed by atoms with Crippen LogP contribution in [0.5, 0.6) is 0 Å². The van der Waals surface area contributed by atoms with Crippen molar-refractivity contribution in [3.05, 3.63) is 29.8 Å². The van der Waals surface area contributed by atoms with E-state index in [0.29, 0.717) is 12.8 Å². The Morgan fingerprint density at radius 3 is 2.39 bits per heavy atom. The molecule has 2 rings (SSSR count). The van der Waals surface area contributed by atoms with E-state index in [1.54, 1.807) is 6.07 Å². The van der Waals surface area contributed by atoms with E-state index in [9.17, 15) is 18.3 Å². The molecule has 0 aromatic heterocycles. The molecule has 0 heterocycles. The van der Waals surface area contributed by atoms with Gasteiger partial charge in [-0.2, -0.15) is 13.2 Å². The fourth-order valence-electron chi connectivity index (χ4n) is 2.35. The highest BCUT2D eigenvalue weighted by atomic mass is 19.4. The normalized spacial score (nSPS) is 18.9. The first-order valence-electron chi connectivity index (χ1n) is 6.03. The second kappa shape index (κ2) is 4.80. The van der Waals surface area contributed by atoms with Crippen molar-refractivity contribution in [2.45, 2.75) is 37.5 Å². The van der Waals surface area contributed by atoms with Gasteiger partial charge in [-0.25, -0.2) is 0 Å². The van der Waals surface area contributed by atoms with Gasteiger partial charge in [0.15, 0.2) is 0 Å². The third-order valence-corrected chi connectivity index (χ3v) is 3.37. The van der Waals surface area contributed by atoms with Crippen LogP contribution in [-0.4, -0.2) is 17.3 Å². The molecule has 1 aliphatic carbocycles. The van der Waals surface area contributed by atoms with Gasteiger partial charge in [0, 0.05) is 12.2 Å². The van der Waals surface area contributed by atoms with Crippen molar-refractivity contribution < 1.29 is 18.3 Å². The first kappa shape index (κ1) is 13.2. The largest absolute Gasteiger partial charge is 0.418 e. The fourth-order valence-corrected chi connectivity index (χ4v) is 2.35. The van der Waals surface area contributed by atoms with Crippen molar-refractivity contribution in [1.29, 1.82) is 0 Å². The predicted octanol–water partition coefficient (Wildman–Crippen LogP) is 3.42. The minimum Gasteiger partial charge on any atom is -0.388 e. The smallest absolute Gasteiger partial charge is 0.388 e. The number of hydrogen-bond acceptors (Lipinski definition) is 2. The van der Waals surface area contributed by atoms with Crippen LogP contribution in [-0.2, 0) is 6.18 Å². The van der Waals surface area contributed by atoms with Crippen molar-refractivity contribution in [2.24, 2.45) is 0 Å². The van der Waals surface area contributed by atoms with E-state index in [2.05, 4.69) is 5.32 Å². The lowest BCUT2D eigenvalue weighted by atomic mass is 10.0. The quantitative estimate of drug-likeness (QED) is 0.871. The summed E-state index contributed by atoms with van der Waals surface area (Å²) in [6, 6.07) is 5.34. The van der Waals surface area contributed by atoms with Crippen molar-refractivity contribution in [1.82, 2.24) is 0 Å². The van der Waals surface area contributed by atoms with Gasteiger partial charge >= 0.3 is 6.18 Å². The maximum absolute atomic E-state index is 12.7. The number of aliphatic hydroxyl groups is 1. The summed E-state index contributed by atoms with van der Waals surface area (Å²) in [6.45, 7) is 0.167. The molecular formula is C13H16F3NO. The van der Waals surface area contributed by atoms with Crippen LogP contribution in [0.3, 0.4) is 0 Å². The molecule has 0 bridgehead atoms. The van der Waals surface area contributed by atoms with Gasteiger partial charge < -0.3 is 10.4 Å². The average Bonchev–Trinajstić information content (AvgIpc) is 2.73. The molecule has 2 N–H and O–H groups in total. The topological polar surface area (TPSA) is 32.3 Å². The second-order valence-electron chi connectivity index (χ2n) is 4.83. The lowest BCUT2D eigenvalue weighted by Gasteiger charge is -2.24. The number of anilines is 1. The molecule has 0 spiro atoms. The Morgan fingerprint density at radius 1 is 1.17 bits per heavy atom. The van der Waals surface area contributed by atoms with E-state index in [-0.39, 0.29) is 12.2 Å². The summed E-state index contributed by atoms with van der Waals surface area (Å²) in [7, 11) is 0. The Labute approximate surface area is 104 Å². The molecule has 1 aliphatic rings. The van der Waals surface area contributed by atoms with Crippen LogP contribution < -0.4 is 5.32 Å². The molecule has 1 fully saturated rings. The molecule has 100 valence electrons. The minimum absolute atomic E-state index is 0.0327. The molecule has 0 radical (unpaired) electrons. The summed E-state index contributed by atoms with van der Waals surface area (Å²) in [4.78, 5) is 0. The van der Waals surface area contributed by atoms with Gasteiger partial charge in [0.05, 0.1) is 11.2 Å². The van der Waals surface area contributed by atoms with Gasteiger partial charge in [0.2, 0.25) is 0 Å². The Hall–Kier alpha value is -1.23. The summed E-state index contributed by atoms with van der Waals surface area (Å²) in [5, 5.41) is 12.8. The Morgan fingerprint density at radius 2 is 1.78 bits per heavy atom. The first-order valence-corrected chi connectivity index (χ1v) is 6.03. The average molecular weight is 259 g/mol. The van der Waals surface area contributed by atoms with E-state index in [1.807, 2.05) is 0 Å². The third-order valence-electron chi connectivity index (χ3n) is 3.37. The molecule has 5 heteroatoms. The summed E-state index contributed by atoms with van der Waals surface area (Å²) in [6.07, 6.45) is -1.22. The number of benzene rings is 1. The van der Waals surface area contributed by atoms with Crippen LogP contribution in [0.1, 0.15) is 31.2 Å². The van der Waals surface area contributed by atoms with Gasteiger partial charge in [0.1, 0.15) is 0 Å². The van der Waals surface area contributed by atoms with E-state index >= 15 is 0 Å². The zero-order valence-corrected chi connectivity index (χ0v) is 9.93. The number of para-hydroxylation sites is 1. The lowest BCUT2D eigenvalue weighted by Crippen LogP contribution is -2.34. The van der Waals surface area contributed by atoms with Crippen LogP contribution >= 0.6 is 0 Å². The number of rotatable bonds is 3. The highest BCUT2D eigenvalue weighted by Gasteiger charge is 2.35. The van der Waals surface area contributed by atoms with Crippen LogP contribution in [0.2, 0.25) is 0 Å². The summed E-state index contributed by atoms with van der Waals surface area (Å²) < 4.78 is 38.2. The molecule has 1 aromatic carbocycles. The molecular weight excluding hydrogens is 243 g/mol. The second-order valence-corrected chi connectivity index (χ2v) is 4.83. The molecule has 18 heavy (non-hydrogen) atoms. The molecule has 0 unspecified atom stereocenters. The van der Waals surface area contributed by atoms with E-state index in [4.69, 9.17) is 0 Å². The lowest BCUT2D eigenvalue weighted by molar-refractivity contribution is -0.137. The third kappa shape index (κ3) is 2.96. The van der Waals surface area contributed by atoms with Crippen molar-refractivity contribution in [2.75, 3.05) is 11.9 Å². The zero-order chi connectivity index (χ0) is 13.2. The number of halogens is 3. The van der Waals surface area contributed by atoms with Gasteiger partial charge in [-0.05, 0) is 25.0 Å². The van der Waals surface area contributed by atoms with E-state index in [0.717, 1.165) is 18.9 Å². The number of hydrogen-bond donors (Lipinski definition) is 2. The van der Waals surface area contributed by atoms with Crippen LogP contribution in [0.15, 0.2) is 24.3 Å². The van der Waals surface area contributed by atoms with Crippen LogP contribution in [0.25, 0.3) is 0 Å². The molecule has 0 amide bonds. The molecule has 0 aliphatic heterocycles. The van der Waals surface area contributed by atoms with Crippen molar-refractivity contribution >= 4 is 5.69 Å². The fraction of sp³-hybridized carbons (Fsp3) is 0.538. The minimum atomic E-state index is -4.37. The van der Waals surface area contributed by atoms with Crippen molar-refractivity contribution in [3.63, 3.8) is 0 Å². The van der Waals surface area contributed by atoms with Crippen molar-refractivity contribution in [3.8, 4) is 0 Å². The van der Waals surface area contributed by atoms with E-state index < -0.39 is 17.3 Å². The summed E-state index contributed by atoms with van der Waals surface area (Å²) >= 11 is 0. The predicted molar refractivity (Wildman–Crippen MR) is 63.4 cm³/mol.